The topological polar surface area (TPSA) is 88.1 Å². The molecule has 0 spiro atoms. The zero-order valence-corrected chi connectivity index (χ0v) is 19.4. The molecule has 33 heavy (non-hydrogen) atoms. The van der Waals surface area contributed by atoms with Crippen LogP contribution in [0.3, 0.4) is 0 Å². The van der Waals surface area contributed by atoms with E-state index in [-0.39, 0.29) is 16.6 Å². The fraction of sp³-hybridized carbons (Fsp3) is 0.360. The number of pyridine rings is 1. The highest BCUT2D eigenvalue weighted by Gasteiger charge is 2.26. The van der Waals surface area contributed by atoms with Crippen LogP contribution in [0.1, 0.15) is 39.2 Å². The van der Waals surface area contributed by atoms with E-state index in [4.69, 9.17) is 5.41 Å². The summed E-state index contributed by atoms with van der Waals surface area (Å²) in [4.78, 5) is 21.7. The van der Waals surface area contributed by atoms with Crippen molar-refractivity contribution in [2.75, 3.05) is 0 Å². The molecule has 0 amide bonds. The van der Waals surface area contributed by atoms with Crippen molar-refractivity contribution in [1.82, 2.24) is 19.4 Å². The molecule has 1 aliphatic rings. The third-order valence-electron chi connectivity index (χ3n) is 5.79. The van der Waals surface area contributed by atoms with Gasteiger partial charge in [-0.3, -0.25) is 19.3 Å². The van der Waals surface area contributed by atoms with Crippen molar-refractivity contribution in [1.29, 1.82) is 5.41 Å². The lowest BCUT2D eigenvalue weighted by molar-refractivity contribution is 0.465. The lowest BCUT2D eigenvalue weighted by atomic mass is 10.1. The highest BCUT2D eigenvalue weighted by Crippen LogP contribution is 2.18. The van der Waals surface area contributed by atoms with Gasteiger partial charge in [-0.05, 0) is 38.0 Å². The minimum atomic E-state index is -0.506. The largest absolute Gasteiger partial charge is 0.384 e. The first-order chi connectivity index (χ1) is 15.7. The average molecular weight is 449 g/mol. The first-order valence-corrected chi connectivity index (χ1v) is 11.1. The van der Waals surface area contributed by atoms with Gasteiger partial charge < -0.3 is 5.32 Å². The predicted molar refractivity (Wildman–Crippen MR) is 125 cm³/mol. The van der Waals surface area contributed by atoms with Crippen LogP contribution in [-0.2, 0) is 20.1 Å². The predicted octanol–water partition coefficient (Wildman–Crippen LogP) is 1.98. The number of hydrogen-bond donors (Lipinski definition) is 2. The van der Waals surface area contributed by atoms with Gasteiger partial charge in [0.25, 0.3) is 5.56 Å². The third-order valence-corrected chi connectivity index (χ3v) is 5.79. The Bertz CT molecular complexity index is 1430. The number of nitrogens with zero attached hydrogens (tertiary/aromatic N) is 4. The Hall–Kier alpha value is -3.55. The Labute approximate surface area is 191 Å². The van der Waals surface area contributed by atoms with Crippen molar-refractivity contribution < 1.29 is 4.39 Å². The van der Waals surface area contributed by atoms with Gasteiger partial charge >= 0.3 is 0 Å². The van der Waals surface area contributed by atoms with E-state index in [1.807, 2.05) is 42.7 Å². The first-order valence-electron chi connectivity index (χ1n) is 11.1. The van der Waals surface area contributed by atoms with Gasteiger partial charge in [-0.1, -0.05) is 43.7 Å². The molecule has 4 rings (SSSR count). The fourth-order valence-electron chi connectivity index (χ4n) is 4.15. The quantitative estimate of drug-likeness (QED) is 0.565. The van der Waals surface area contributed by atoms with Gasteiger partial charge in [0.1, 0.15) is 10.7 Å². The van der Waals surface area contributed by atoms with Crippen molar-refractivity contribution in [3.63, 3.8) is 0 Å². The van der Waals surface area contributed by atoms with E-state index >= 15 is 0 Å². The molecule has 0 saturated heterocycles. The van der Waals surface area contributed by atoms with Crippen molar-refractivity contribution in [3.8, 4) is 11.3 Å². The second-order valence-corrected chi connectivity index (χ2v) is 9.02. The molecular formula is C25H29FN6O. The van der Waals surface area contributed by atoms with Gasteiger partial charge in [-0.25, -0.2) is 9.98 Å². The second kappa shape index (κ2) is 8.77. The van der Waals surface area contributed by atoms with E-state index in [0.717, 1.165) is 23.2 Å². The Morgan fingerprint density at radius 1 is 1.21 bits per heavy atom. The number of hydrogen-bond acceptors (Lipinski definition) is 5. The van der Waals surface area contributed by atoms with Gasteiger partial charge in [0.15, 0.2) is 0 Å². The van der Waals surface area contributed by atoms with E-state index in [9.17, 15) is 9.18 Å². The van der Waals surface area contributed by atoms with Crippen LogP contribution in [0.25, 0.3) is 17.0 Å². The van der Waals surface area contributed by atoms with Crippen LogP contribution < -0.4 is 27.2 Å². The number of rotatable bonds is 6. The SMILES string of the molecule is CCC/C(NCc1ccc(-c2cccc(F)n2)cc1)=c1\c(=O)n(C)c2n(c1=N)CC(C)(C)N=2. The lowest BCUT2D eigenvalue weighted by Crippen LogP contribution is -2.58. The van der Waals surface area contributed by atoms with Gasteiger partial charge in [-0.15, -0.1) is 0 Å². The molecule has 2 N–H and O–H groups in total. The van der Waals surface area contributed by atoms with Crippen LogP contribution in [-0.4, -0.2) is 19.7 Å². The summed E-state index contributed by atoms with van der Waals surface area (Å²) in [5.74, 6) is -0.506. The summed E-state index contributed by atoms with van der Waals surface area (Å²) >= 11 is 0. The average Bonchev–Trinajstić information content (AvgIpc) is 3.12. The maximum atomic E-state index is 13.4. The van der Waals surface area contributed by atoms with Crippen molar-refractivity contribution in [2.24, 2.45) is 12.0 Å². The Morgan fingerprint density at radius 3 is 2.61 bits per heavy atom. The van der Waals surface area contributed by atoms with Gasteiger partial charge in [0.05, 0.1) is 17.8 Å². The molecule has 172 valence electrons. The van der Waals surface area contributed by atoms with Crippen LogP contribution in [0.15, 0.2) is 52.3 Å². The molecule has 1 aliphatic heterocycles. The number of fused-ring (bicyclic) bond motifs is 1. The van der Waals surface area contributed by atoms with Crippen LogP contribution >= 0.6 is 0 Å². The highest BCUT2D eigenvalue weighted by atomic mass is 19.1. The molecule has 0 unspecified atom stereocenters. The maximum absolute atomic E-state index is 13.4. The molecule has 0 aliphatic carbocycles. The summed E-state index contributed by atoms with van der Waals surface area (Å²) in [6.45, 7) is 7.13. The molecule has 0 radical (unpaired) electrons. The molecule has 0 saturated carbocycles. The van der Waals surface area contributed by atoms with Crippen molar-refractivity contribution in [3.05, 3.63) is 80.7 Å². The Balaban J connectivity index is 1.68. The van der Waals surface area contributed by atoms with Gasteiger partial charge in [-0.2, -0.15) is 4.39 Å². The molecular weight excluding hydrogens is 419 g/mol. The molecule has 0 bridgehead atoms. The zero-order chi connectivity index (χ0) is 23.8. The van der Waals surface area contributed by atoms with E-state index in [1.165, 1.54) is 6.07 Å². The van der Waals surface area contributed by atoms with E-state index in [0.29, 0.717) is 36.0 Å². The number of halogens is 1. The van der Waals surface area contributed by atoms with Crippen molar-refractivity contribution in [2.45, 2.75) is 52.2 Å². The number of benzene rings is 1. The number of nitrogens with one attached hydrogen (secondary N) is 2. The monoisotopic (exact) mass is 448 g/mol. The normalized spacial score (nSPS) is 15.1. The molecule has 3 heterocycles. The summed E-state index contributed by atoms with van der Waals surface area (Å²) in [5.41, 5.74) is 3.37. The summed E-state index contributed by atoms with van der Waals surface area (Å²) in [5, 5.41) is 12.6. The van der Waals surface area contributed by atoms with Gasteiger partial charge in [0.2, 0.25) is 11.6 Å². The zero-order valence-electron chi connectivity index (χ0n) is 19.4. The van der Waals surface area contributed by atoms with Crippen LogP contribution in [0.5, 0.6) is 0 Å². The summed E-state index contributed by atoms with van der Waals surface area (Å²) in [6, 6.07) is 12.5. The lowest BCUT2D eigenvalue weighted by Gasteiger charge is -2.14. The molecule has 7 nitrogen and oxygen atoms in total. The van der Waals surface area contributed by atoms with Crippen LogP contribution in [0, 0.1) is 11.4 Å². The molecule has 0 atom stereocenters. The smallest absolute Gasteiger partial charge is 0.265 e. The molecule has 2 aromatic heterocycles. The van der Waals surface area contributed by atoms with Gasteiger partial charge in [0, 0.05) is 24.9 Å². The number of aromatic nitrogens is 3. The summed E-state index contributed by atoms with van der Waals surface area (Å²) in [6.07, 6.45) is 1.50. The third kappa shape index (κ3) is 4.51. The van der Waals surface area contributed by atoms with E-state index in [1.54, 1.807) is 23.7 Å². The minimum Gasteiger partial charge on any atom is -0.384 e. The molecule has 8 heteroatoms. The highest BCUT2D eigenvalue weighted by molar-refractivity contribution is 5.59. The van der Waals surface area contributed by atoms with E-state index < -0.39 is 5.95 Å². The second-order valence-electron chi connectivity index (χ2n) is 9.02. The molecule has 0 fully saturated rings. The molecule has 3 aromatic rings. The summed E-state index contributed by atoms with van der Waals surface area (Å²) < 4.78 is 16.8. The minimum absolute atomic E-state index is 0.200. The maximum Gasteiger partial charge on any atom is 0.265 e. The van der Waals surface area contributed by atoms with Crippen molar-refractivity contribution >= 4 is 5.70 Å². The van der Waals surface area contributed by atoms with Crippen LogP contribution in [0.2, 0.25) is 0 Å². The molecule has 1 aromatic carbocycles. The fourth-order valence-corrected chi connectivity index (χ4v) is 4.15. The first kappa shape index (κ1) is 22.6. The standard InChI is InChI=1S/C25H29FN6O/c1-5-7-19(21-22(27)32-15-25(2,3)30-24(32)31(4)23(21)33)28-14-16-10-12-17(13-11-16)18-8-6-9-20(26)29-18/h6,8-13,27-28H,5,7,14-15H2,1-4H3/b21-19+,27-22?. The van der Waals surface area contributed by atoms with E-state index in [2.05, 4.69) is 22.2 Å². The Morgan fingerprint density at radius 2 is 1.94 bits per heavy atom. The Kier molecular flexibility index (Phi) is 6.01. The van der Waals surface area contributed by atoms with Crippen LogP contribution in [0.4, 0.5) is 4.39 Å². The summed E-state index contributed by atoms with van der Waals surface area (Å²) in [7, 11) is 1.71.